The largest absolute Gasteiger partial charge is 0.336 e. The van der Waals surface area contributed by atoms with Gasteiger partial charge in [-0.1, -0.05) is 18.2 Å². The highest BCUT2D eigenvalue weighted by molar-refractivity contribution is 5.93. The molecule has 19 heavy (non-hydrogen) atoms. The highest BCUT2D eigenvalue weighted by atomic mass is 19.3. The van der Waals surface area contributed by atoms with E-state index in [9.17, 15) is 18.4 Å². The van der Waals surface area contributed by atoms with Crippen LogP contribution < -0.4 is 10.6 Å². The number of nitrogens with zero attached hydrogens (tertiary/aromatic N) is 1. The van der Waals surface area contributed by atoms with E-state index in [-0.39, 0.29) is 12.6 Å². The van der Waals surface area contributed by atoms with Gasteiger partial charge in [0.2, 0.25) is 0 Å². The second kappa shape index (κ2) is 5.64. The Morgan fingerprint density at radius 2 is 2.16 bits per heavy atom. The van der Waals surface area contributed by atoms with E-state index in [1.54, 1.807) is 23.1 Å². The van der Waals surface area contributed by atoms with E-state index < -0.39 is 12.3 Å². The molecule has 0 aromatic heterocycles. The molecule has 1 aromatic carbocycles. The zero-order valence-corrected chi connectivity index (χ0v) is 10.0. The van der Waals surface area contributed by atoms with Gasteiger partial charge < -0.3 is 15.5 Å². The van der Waals surface area contributed by atoms with Gasteiger partial charge in [0.05, 0.1) is 0 Å². The van der Waals surface area contributed by atoms with E-state index >= 15 is 0 Å². The topological polar surface area (TPSA) is 61.4 Å². The molecule has 1 aliphatic rings. The molecule has 1 heterocycles. The van der Waals surface area contributed by atoms with Crippen LogP contribution in [-0.4, -0.2) is 36.4 Å². The molecule has 1 saturated heterocycles. The highest BCUT2D eigenvalue weighted by Crippen LogP contribution is 2.18. The molecule has 3 amide bonds. The Labute approximate surface area is 108 Å². The Bertz CT molecular complexity index is 494. The minimum absolute atomic E-state index is 0.199. The van der Waals surface area contributed by atoms with E-state index in [1.807, 2.05) is 0 Å². The molecular weight excluding hydrogens is 256 g/mol. The number of urea groups is 1. The van der Waals surface area contributed by atoms with Crippen molar-refractivity contribution in [3.63, 3.8) is 0 Å². The van der Waals surface area contributed by atoms with Gasteiger partial charge in [0, 0.05) is 25.3 Å². The number of benzene rings is 1. The van der Waals surface area contributed by atoms with Gasteiger partial charge in [-0.15, -0.1) is 0 Å². The van der Waals surface area contributed by atoms with Crippen molar-refractivity contribution in [3.8, 4) is 0 Å². The van der Waals surface area contributed by atoms with Crippen molar-refractivity contribution in [1.82, 2.24) is 10.2 Å². The Hall–Kier alpha value is -2.18. The molecule has 0 aliphatic carbocycles. The molecule has 2 rings (SSSR count). The lowest BCUT2D eigenvalue weighted by atomic mass is 10.1. The summed E-state index contributed by atoms with van der Waals surface area (Å²) in [6, 6.07) is 6.38. The van der Waals surface area contributed by atoms with Crippen molar-refractivity contribution >= 4 is 17.6 Å². The predicted octanol–water partition coefficient (Wildman–Crippen LogP) is 1.42. The number of hydrogen-bond donors (Lipinski definition) is 2. The fraction of sp³-hybridized carbons (Fsp3) is 0.333. The molecule has 1 aliphatic heterocycles. The summed E-state index contributed by atoms with van der Waals surface area (Å²) in [4.78, 5) is 24.0. The van der Waals surface area contributed by atoms with Crippen molar-refractivity contribution in [3.05, 3.63) is 29.8 Å². The molecule has 0 radical (unpaired) electrons. The van der Waals surface area contributed by atoms with Crippen LogP contribution in [-0.2, 0) is 11.3 Å². The Morgan fingerprint density at radius 1 is 1.42 bits per heavy atom. The number of anilines is 1. The first-order chi connectivity index (χ1) is 9.08. The maximum absolute atomic E-state index is 12.2. The zero-order chi connectivity index (χ0) is 13.8. The maximum Gasteiger partial charge on any atom is 0.317 e. The number of rotatable bonds is 4. The first-order valence-corrected chi connectivity index (χ1v) is 5.77. The molecule has 7 heteroatoms. The SMILES string of the molecule is O=C(Nc1ccccc1CN1CCNC1=O)C(F)F. The van der Waals surface area contributed by atoms with Crippen molar-refractivity contribution in [1.29, 1.82) is 0 Å². The lowest BCUT2D eigenvalue weighted by Crippen LogP contribution is -2.28. The van der Waals surface area contributed by atoms with Gasteiger partial charge in [-0.05, 0) is 11.6 Å². The average Bonchev–Trinajstić information content (AvgIpc) is 2.77. The summed E-state index contributed by atoms with van der Waals surface area (Å²) >= 11 is 0. The van der Waals surface area contributed by atoms with Gasteiger partial charge in [0.1, 0.15) is 0 Å². The molecule has 0 bridgehead atoms. The van der Waals surface area contributed by atoms with Gasteiger partial charge in [0.15, 0.2) is 0 Å². The van der Waals surface area contributed by atoms with Crippen LogP contribution in [0.25, 0.3) is 0 Å². The minimum atomic E-state index is -3.07. The molecule has 0 unspecified atom stereocenters. The van der Waals surface area contributed by atoms with Gasteiger partial charge >= 0.3 is 12.5 Å². The summed E-state index contributed by atoms with van der Waals surface area (Å²) < 4.78 is 24.5. The van der Waals surface area contributed by atoms with Crippen LogP contribution in [0, 0.1) is 0 Å². The summed E-state index contributed by atoms with van der Waals surface area (Å²) in [6.45, 7) is 1.38. The van der Waals surface area contributed by atoms with Gasteiger partial charge in [-0.25, -0.2) is 4.79 Å². The van der Waals surface area contributed by atoms with Gasteiger partial charge in [0.25, 0.3) is 5.91 Å². The summed E-state index contributed by atoms with van der Waals surface area (Å²) in [5.74, 6) is -1.35. The van der Waals surface area contributed by atoms with Crippen LogP contribution in [0.15, 0.2) is 24.3 Å². The van der Waals surface area contributed by atoms with Crippen molar-refractivity contribution in [2.75, 3.05) is 18.4 Å². The van der Waals surface area contributed by atoms with Gasteiger partial charge in [-0.3, -0.25) is 4.79 Å². The molecule has 2 N–H and O–H groups in total. The standard InChI is InChI=1S/C12H13F2N3O2/c13-10(14)11(18)16-9-4-2-1-3-8(9)7-17-6-5-15-12(17)19/h1-4,10H,5-7H2,(H,15,19)(H,16,18). The van der Waals surface area contributed by atoms with Crippen LogP contribution in [0.3, 0.4) is 0 Å². The second-order valence-electron chi connectivity index (χ2n) is 4.10. The van der Waals surface area contributed by atoms with Crippen LogP contribution in [0.2, 0.25) is 0 Å². The number of carbonyl (C=O) groups excluding carboxylic acids is 2. The van der Waals surface area contributed by atoms with Crippen molar-refractivity contribution in [2.45, 2.75) is 13.0 Å². The van der Waals surface area contributed by atoms with Gasteiger partial charge in [-0.2, -0.15) is 8.78 Å². The Kier molecular flexibility index (Phi) is 3.94. The van der Waals surface area contributed by atoms with Crippen LogP contribution in [0.5, 0.6) is 0 Å². The summed E-state index contributed by atoms with van der Waals surface area (Å²) in [7, 11) is 0. The normalized spacial score (nSPS) is 14.7. The number of alkyl halides is 2. The first-order valence-electron chi connectivity index (χ1n) is 5.77. The molecular formula is C12H13F2N3O2. The number of carbonyl (C=O) groups is 2. The lowest BCUT2D eigenvalue weighted by molar-refractivity contribution is -0.126. The summed E-state index contributed by atoms with van der Waals surface area (Å²) in [6.07, 6.45) is -3.07. The third kappa shape index (κ3) is 3.18. The molecule has 5 nitrogen and oxygen atoms in total. The number of amides is 3. The monoisotopic (exact) mass is 269 g/mol. The number of hydrogen-bond acceptors (Lipinski definition) is 2. The summed E-state index contributed by atoms with van der Waals surface area (Å²) in [5, 5.41) is 4.80. The van der Waals surface area contributed by atoms with E-state index in [1.165, 1.54) is 6.07 Å². The molecule has 0 atom stereocenters. The third-order valence-electron chi connectivity index (χ3n) is 2.78. The second-order valence-corrected chi connectivity index (χ2v) is 4.10. The zero-order valence-electron chi connectivity index (χ0n) is 10.0. The fourth-order valence-electron chi connectivity index (χ4n) is 1.84. The highest BCUT2D eigenvalue weighted by Gasteiger charge is 2.21. The predicted molar refractivity (Wildman–Crippen MR) is 64.9 cm³/mol. The fourth-order valence-corrected chi connectivity index (χ4v) is 1.84. The van der Waals surface area contributed by atoms with E-state index in [2.05, 4.69) is 10.6 Å². The number of nitrogens with one attached hydrogen (secondary N) is 2. The van der Waals surface area contributed by atoms with Crippen molar-refractivity contribution < 1.29 is 18.4 Å². The maximum atomic E-state index is 12.2. The molecule has 0 saturated carbocycles. The Morgan fingerprint density at radius 3 is 2.79 bits per heavy atom. The average molecular weight is 269 g/mol. The lowest BCUT2D eigenvalue weighted by Gasteiger charge is -2.17. The molecule has 102 valence electrons. The molecule has 1 aromatic rings. The smallest absolute Gasteiger partial charge is 0.317 e. The molecule has 1 fully saturated rings. The van der Waals surface area contributed by atoms with Crippen molar-refractivity contribution in [2.24, 2.45) is 0 Å². The van der Waals surface area contributed by atoms with E-state index in [0.29, 0.717) is 24.3 Å². The number of halogens is 2. The Balaban J connectivity index is 2.12. The molecule has 0 spiro atoms. The number of para-hydroxylation sites is 1. The quantitative estimate of drug-likeness (QED) is 0.868. The van der Waals surface area contributed by atoms with Crippen LogP contribution in [0.4, 0.5) is 19.3 Å². The summed E-state index contributed by atoms with van der Waals surface area (Å²) in [5.41, 5.74) is 0.918. The third-order valence-corrected chi connectivity index (χ3v) is 2.78. The van der Waals surface area contributed by atoms with E-state index in [4.69, 9.17) is 0 Å². The van der Waals surface area contributed by atoms with E-state index in [0.717, 1.165) is 0 Å². The van der Waals surface area contributed by atoms with Crippen LogP contribution >= 0.6 is 0 Å². The van der Waals surface area contributed by atoms with Crippen LogP contribution in [0.1, 0.15) is 5.56 Å². The first kappa shape index (κ1) is 13.3. The minimum Gasteiger partial charge on any atom is -0.336 e.